The Hall–Kier alpha value is -6.80. The van der Waals surface area contributed by atoms with Gasteiger partial charge in [0.1, 0.15) is 0 Å². The summed E-state index contributed by atoms with van der Waals surface area (Å²) in [6.07, 6.45) is 0. The Morgan fingerprint density at radius 1 is 0.316 bits per heavy atom. The maximum absolute atomic E-state index is 2.45. The number of thiophene rings is 1. The third-order valence-corrected chi connectivity index (χ3v) is 13.5. The summed E-state index contributed by atoms with van der Waals surface area (Å²) in [5, 5.41) is 10.5. The number of benzene rings is 10. The maximum Gasteiger partial charge on any atom is 0.0440 e. The van der Waals surface area contributed by atoms with Crippen molar-refractivity contribution in [2.45, 2.75) is 13.8 Å². The van der Waals surface area contributed by atoms with E-state index in [1.54, 1.807) is 0 Å². The zero-order valence-electron chi connectivity index (χ0n) is 31.7. The molecule has 0 bridgehead atoms. The molecule has 57 heavy (non-hydrogen) atoms. The number of aryl methyl sites for hydroxylation is 2. The summed E-state index contributed by atoms with van der Waals surface area (Å²) in [7, 11) is 0. The average Bonchev–Trinajstić information content (AvgIpc) is 3.81. The van der Waals surface area contributed by atoms with Gasteiger partial charge in [-0.1, -0.05) is 175 Å². The van der Waals surface area contributed by atoms with Crippen LogP contribution in [0.5, 0.6) is 0 Å². The highest BCUT2D eigenvalue weighted by Gasteiger charge is 2.31. The van der Waals surface area contributed by atoms with Crippen LogP contribution in [0.4, 0.5) is 0 Å². The van der Waals surface area contributed by atoms with Crippen molar-refractivity contribution in [2.24, 2.45) is 0 Å². The fraction of sp³-hybridized carbons (Fsp3) is 0.0357. The quantitative estimate of drug-likeness (QED) is 0.169. The monoisotopic (exact) mass is 740 g/mol. The molecule has 12 rings (SSSR count). The molecule has 0 N–H and O–H groups in total. The molecule has 10 aromatic carbocycles. The van der Waals surface area contributed by atoms with Crippen molar-refractivity contribution in [1.82, 2.24) is 0 Å². The molecule has 0 saturated carbocycles. The van der Waals surface area contributed by atoms with E-state index in [2.05, 4.69) is 196 Å². The van der Waals surface area contributed by atoms with Gasteiger partial charge in [0.15, 0.2) is 0 Å². The lowest BCUT2D eigenvalue weighted by Gasteiger charge is -2.20. The highest BCUT2D eigenvalue weighted by Crippen LogP contribution is 2.59. The molecule has 1 heteroatoms. The normalized spacial score (nSPS) is 12.0. The van der Waals surface area contributed by atoms with E-state index in [9.17, 15) is 0 Å². The Bertz CT molecular complexity index is 3340. The van der Waals surface area contributed by atoms with E-state index in [0.29, 0.717) is 0 Å². The highest BCUT2D eigenvalue weighted by atomic mass is 32.1. The predicted molar refractivity (Wildman–Crippen MR) is 247 cm³/mol. The lowest BCUT2D eigenvalue weighted by Crippen LogP contribution is -1.93. The van der Waals surface area contributed by atoms with Crippen molar-refractivity contribution in [3.8, 4) is 66.8 Å². The lowest BCUT2D eigenvalue weighted by molar-refractivity contribution is 1.47. The molecule has 1 heterocycles. The Morgan fingerprint density at radius 2 is 0.877 bits per heavy atom. The summed E-state index contributed by atoms with van der Waals surface area (Å²) < 4.78 is 2.66. The fourth-order valence-electron chi connectivity index (χ4n) is 9.71. The Kier molecular flexibility index (Phi) is 7.03. The standard InChI is InChI=1S/C56H36S/c1-33-19-23-36(24-20-33)50-43-15-8-9-16-44(43)51(37-25-21-34(2)22-26-37)55-46-29-28-41(42-17-10-18-45(52(42)46)54(50)55)47-32-39-13-6-7-14-40(39)53-48-31-38(35-11-4-3-5-12-35)27-30-49(48)57-56(47)53/h3-32H,1-2H3. The van der Waals surface area contributed by atoms with Crippen LogP contribution >= 0.6 is 11.3 Å². The van der Waals surface area contributed by atoms with E-state index >= 15 is 0 Å². The molecule has 0 saturated heterocycles. The van der Waals surface area contributed by atoms with Gasteiger partial charge in [-0.05, 0) is 126 Å². The summed E-state index contributed by atoms with van der Waals surface area (Å²) in [5.74, 6) is 0. The first-order chi connectivity index (χ1) is 28.1. The number of hydrogen-bond acceptors (Lipinski definition) is 1. The van der Waals surface area contributed by atoms with E-state index in [1.807, 2.05) is 11.3 Å². The molecule has 0 fully saturated rings. The van der Waals surface area contributed by atoms with Crippen LogP contribution in [0.25, 0.3) is 119 Å². The van der Waals surface area contributed by atoms with Crippen molar-refractivity contribution >= 4 is 63.8 Å². The summed E-state index contributed by atoms with van der Waals surface area (Å²) in [5.41, 5.74) is 18.1. The third-order valence-electron chi connectivity index (χ3n) is 12.3. The van der Waals surface area contributed by atoms with Gasteiger partial charge in [-0.15, -0.1) is 11.3 Å². The molecule has 266 valence electrons. The van der Waals surface area contributed by atoms with E-state index in [-0.39, 0.29) is 0 Å². The molecular weight excluding hydrogens is 705 g/mol. The second-order valence-corrected chi connectivity index (χ2v) is 16.7. The van der Waals surface area contributed by atoms with E-state index in [1.165, 1.54) is 130 Å². The SMILES string of the molecule is Cc1ccc(-c2c3c(c(-c4ccc(C)cc4)c4ccccc24)-c2ccc(-c4cc5ccccc5c5c4sc4ccc(-c6ccccc6)cc45)c4cccc-3c24)cc1. The summed E-state index contributed by atoms with van der Waals surface area (Å²) in [6, 6.07) is 68.4. The van der Waals surface area contributed by atoms with Gasteiger partial charge in [-0.3, -0.25) is 0 Å². The van der Waals surface area contributed by atoms with Gasteiger partial charge in [0.25, 0.3) is 0 Å². The smallest absolute Gasteiger partial charge is 0.0440 e. The number of rotatable bonds is 4. The minimum atomic E-state index is 1.24. The Labute approximate surface area is 335 Å². The van der Waals surface area contributed by atoms with Crippen molar-refractivity contribution < 1.29 is 0 Å². The van der Waals surface area contributed by atoms with Gasteiger partial charge < -0.3 is 0 Å². The second kappa shape index (κ2) is 12.4. The van der Waals surface area contributed by atoms with Crippen LogP contribution in [0.15, 0.2) is 182 Å². The summed E-state index contributed by atoms with van der Waals surface area (Å²) in [4.78, 5) is 0. The van der Waals surface area contributed by atoms with Crippen LogP contribution in [0.1, 0.15) is 11.1 Å². The maximum atomic E-state index is 2.45. The third kappa shape index (κ3) is 4.79. The fourth-order valence-corrected chi connectivity index (χ4v) is 10.9. The molecule has 1 aliphatic carbocycles. The van der Waals surface area contributed by atoms with Gasteiger partial charge in [0.2, 0.25) is 0 Å². The molecule has 0 unspecified atom stereocenters. The zero-order valence-corrected chi connectivity index (χ0v) is 32.5. The topological polar surface area (TPSA) is 0 Å². The van der Waals surface area contributed by atoms with Gasteiger partial charge >= 0.3 is 0 Å². The van der Waals surface area contributed by atoms with E-state index < -0.39 is 0 Å². The zero-order chi connectivity index (χ0) is 37.8. The largest absolute Gasteiger partial charge is 0.135 e. The molecule has 0 spiro atoms. The Balaban J connectivity index is 1.18. The van der Waals surface area contributed by atoms with Crippen LogP contribution in [-0.4, -0.2) is 0 Å². The van der Waals surface area contributed by atoms with Crippen LogP contribution in [0.2, 0.25) is 0 Å². The molecular formula is C56H36S. The number of hydrogen-bond donors (Lipinski definition) is 0. The first-order valence-corrected chi connectivity index (χ1v) is 20.7. The number of fused-ring (bicyclic) bond motifs is 9. The van der Waals surface area contributed by atoms with Crippen LogP contribution in [0.3, 0.4) is 0 Å². The van der Waals surface area contributed by atoms with Gasteiger partial charge in [-0.25, -0.2) is 0 Å². The highest BCUT2D eigenvalue weighted by molar-refractivity contribution is 7.26. The minimum absolute atomic E-state index is 1.24. The molecule has 0 amide bonds. The molecule has 0 aliphatic heterocycles. The molecule has 0 atom stereocenters. The van der Waals surface area contributed by atoms with Crippen molar-refractivity contribution in [2.75, 3.05) is 0 Å². The first kappa shape index (κ1) is 32.4. The van der Waals surface area contributed by atoms with Gasteiger partial charge in [-0.2, -0.15) is 0 Å². The predicted octanol–water partition coefficient (Wildman–Crippen LogP) is 16.4. The van der Waals surface area contributed by atoms with Crippen molar-refractivity contribution in [3.63, 3.8) is 0 Å². The van der Waals surface area contributed by atoms with Gasteiger partial charge in [0, 0.05) is 25.7 Å². The molecule has 0 radical (unpaired) electrons. The molecule has 1 aliphatic rings. The van der Waals surface area contributed by atoms with E-state index in [0.717, 1.165) is 0 Å². The average molecular weight is 741 g/mol. The molecule has 1 aromatic heterocycles. The second-order valence-electron chi connectivity index (χ2n) is 15.7. The lowest BCUT2D eigenvalue weighted by atomic mass is 9.82. The van der Waals surface area contributed by atoms with Gasteiger partial charge in [0.05, 0.1) is 0 Å². The van der Waals surface area contributed by atoms with Crippen LogP contribution in [0, 0.1) is 13.8 Å². The van der Waals surface area contributed by atoms with Crippen LogP contribution < -0.4 is 0 Å². The van der Waals surface area contributed by atoms with Crippen molar-refractivity contribution in [3.05, 3.63) is 193 Å². The summed E-state index contributed by atoms with van der Waals surface area (Å²) in [6.45, 7) is 4.35. The molecule has 0 nitrogen and oxygen atoms in total. The first-order valence-electron chi connectivity index (χ1n) is 19.8. The molecule has 11 aromatic rings. The van der Waals surface area contributed by atoms with E-state index in [4.69, 9.17) is 0 Å². The van der Waals surface area contributed by atoms with Crippen LogP contribution in [-0.2, 0) is 0 Å². The van der Waals surface area contributed by atoms with Crippen molar-refractivity contribution in [1.29, 1.82) is 0 Å². The minimum Gasteiger partial charge on any atom is -0.135 e. The Morgan fingerprint density at radius 3 is 1.56 bits per heavy atom. The summed E-state index contributed by atoms with van der Waals surface area (Å²) >= 11 is 1.93.